The van der Waals surface area contributed by atoms with Crippen molar-refractivity contribution in [2.45, 2.75) is 46.0 Å². The number of aryl methyl sites for hydroxylation is 1. The van der Waals surface area contributed by atoms with Crippen molar-refractivity contribution < 1.29 is 0 Å². The van der Waals surface area contributed by atoms with Crippen molar-refractivity contribution in [3.05, 3.63) is 52.3 Å². The van der Waals surface area contributed by atoms with E-state index >= 15 is 0 Å². The molecule has 1 aliphatic carbocycles. The number of benzene rings is 1. The van der Waals surface area contributed by atoms with Crippen molar-refractivity contribution in [2.75, 3.05) is 0 Å². The molecular weight excluding hydrogens is 292 g/mol. The fraction of sp³-hybridized carbons (Fsp3) is 0.368. The molecule has 0 radical (unpaired) electrons. The summed E-state index contributed by atoms with van der Waals surface area (Å²) >= 11 is 6.15. The Balaban J connectivity index is 0.000000847. The zero-order chi connectivity index (χ0) is 16.1. The first-order valence-corrected chi connectivity index (χ1v) is 8.29. The second-order valence-electron chi connectivity index (χ2n) is 5.20. The summed E-state index contributed by atoms with van der Waals surface area (Å²) in [6.45, 7) is 6.04. The first-order chi connectivity index (χ1) is 10.7. The highest BCUT2D eigenvalue weighted by molar-refractivity contribution is 6.30. The van der Waals surface area contributed by atoms with Gasteiger partial charge in [0, 0.05) is 16.8 Å². The summed E-state index contributed by atoms with van der Waals surface area (Å²) in [5.74, 6) is 0.656. The molecule has 114 valence electrons. The summed E-state index contributed by atoms with van der Waals surface area (Å²) in [7, 11) is 0. The molecule has 3 rings (SSSR count). The van der Waals surface area contributed by atoms with E-state index in [0.29, 0.717) is 11.6 Å². The van der Waals surface area contributed by atoms with E-state index in [1.165, 1.54) is 18.4 Å². The molecule has 1 fully saturated rings. The number of hydrogen-bond acceptors (Lipinski definition) is 2. The molecule has 0 unspecified atom stereocenters. The third kappa shape index (κ3) is 3.48. The average molecular weight is 313 g/mol. The second-order valence-corrected chi connectivity index (χ2v) is 5.64. The van der Waals surface area contributed by atoms with Crippen LogP contribution in [-0.2, 0) is 6.42 Å². The highest BCUT2D eigenvalue weighted by Crippen LogP contribution is 2.45. The van der Waals surface area contributed by atoms with Gasteiger partial charge in [0.05, 0.1) is 0 Å². The van der Waals surface area contributed by atoms with Gasteiger partial charge in [0.1, 0.15) is 11.8 Å². The van der Waals surface area contributed by atoms with Gasteiger partial charge in [-0.3, -0.25) is 0 Å². The summed E-state index contributed by atoms with van der Waals surface area (Å²) in [5, 5.41) is 9.82. The normalized spacial score (nSPS) is 13.0. The van der Waals surface area contributed by atoms with Crippen LogP contribution in [0.5, 0.6) is 0 Å². The van der Waals surface area contributed by atoms with E-state index in [2.05, 4.69) is 23.2 Å². The minimum atomic E-state index is 0.520. The monoisotopic (exact) mass is 312 g/mol. The molecule has 1 aliphatic rings. The van der Waals surface area contributed by atoms with Crippen LogP contribution in [0.25, 0.3) is 11.1 Å². The number of aromatic nitrogens is 1. The molecule has 1 saturated carbocycles. The van der Waals surface area contributed by atoms with Crippen LogP contribution in [0.15, 0.2) is 30.5 Å². The van der Waals surface area contributed by atoms with Gasteiger partial charge in [-0.2, -0.15) is 5.26 Å². The molecule has 22 heavy (non-hydrogen) atoms. The Morgan fingerprint density at radius 1 is 1.27 bits per heavy atom. The molecule has 0 bridgehead atoms. The van der Waals surface area contributed by atoms with E-state index in [9.17, 15) is 0 Å². The second kappa shape index (κ2) is 7.42. The van der Waals surface area contributed by atoms with Crippen LogP contribution in [-0.4, -0.2) is 4.98 Å². The lowest BCUT2D eigenvalue weighted by molar-refractivity contribution is 1.08. The van der Waals surface area contributed by atoms with Crippen LogP contribution < -0.4 is 0 Å². The third-order valence-electron chi connectivity index (χ3n) is 3.80. The number of hydrogen-bond donors (Lipinski definition) is 0. The Bertz CT molecular complexity index is 697. The van der Waals surface area contributed by atoms with Crippen LogP contribution in [0.4, 0.5) is 0 Å². The maximum absolute atomic E-state index is 9.07. The van der Waals surface area contributed by atoms with Gasteiger partial charge >= 0.3 is 0 Å². The first kappa shape index (κ1) is 16.5. The summed E-state index contributed by atoms with van der Waals surface area (Å²) in [4.78, 5) is 4.29. The summed E-state index contributed by atoms with van der Waals surface area (Å²) < 4.78 is 0. The molecule has 0 saturated heterocycles. The molecule has 2 nitrogen and oxygen atoms in total. The van der Waals surface area contributed by atoms with Crippen LogP contribution in [0.3, 0.4) is 0 Å². The predicted octanol–water partition coefficient (Wildman–Crippen LogP) is 5.74. The van der Waals surface area contributed by atoms with Crippen LogP contribution in [0, 0.1) is 11.3 Å². The highest BCUT2D eigenvalue weighted by Gasteiger charge is 2.26. The van der Waals surface area contributed by atoms with E-state index in [-0.39, 0.29) is 0 Å². The highest BCUT2D eigenvalue weighted by atomic mass is 35.5. The summed E-state index contributed by atoms with van der Waals surface area (Å²) in [6.07, 6.45) is 5.09. The van der Waals surface area contributed by atoms with Gasteiger partial charge in [-0.1, -0.05) is 38.4 Å². The van der Waals surface area contributed by atoms with Gasteiger partial charge in [0.15, 0.2) is 0 Å². The predicted molar refractivity (Wildman–Crippen MR) is 92.1 cm³/mol. The molecule has 1 aromatic carbocycles. The van der Waals surface area contributed by atoms with Crippen molar-refractivity contribution in [3.8, 4) is 17.2 Å². The Kier molecular flexibility index (Phi) is 5.57. The van der Waals surface area contributed by atoms with Crippen LogP contribution >= 0.6 is 11.6 Å². The molecule has 0 atom stereocenters. The smallest absolute Gasteiger partial charge is 0.143 e. The lowest BCUT2D eigenvalue weighted by Crippen LogP contribution is -1.95. The Labute approximate surface area is 137 Å². The fourth-order valence-electron chi connectivity index (χ4n) is 2.56. The number of nitrogens with zero attached hydrogens (tertiary/aromatic N) is 2. The molecule has 3 heteroatoms. The van der Waals surface area contributed by atoms with Gasteiger partial charge in [-0.05, 0) is 60.1 Å². The van der Waals surface area contributed by atoms with Gasteiger partial charge < -0.3 is 0 Å². The number of nitriles is 1. The molecule has 0 amide bonds. The first-order valence-electron chi connectivity index (χ1n) is 7.91. The lowest BCUT2D eigenvalue weighted by atomic mass is 9.96. The Morgan fingerprint density at radius 2 is 2.00 bits per heavy atom. The zero-order valence-corrected chi connectivity index (χ0v) is 14.1. The largest absolute Gasteiger partial charge is 0.245 e. The van der Waals surface area contributed by atoms with Gasteiger partial charge in [0.25, 0.3) is 0 Å². The minimum Gasteiger partial charge on any atom is -0.245 e. The molecule has 1 aromatic heterocycles. The zero-order valence-electron chi connectivity index (χ0n) is 13.4. The Morgan fingerprint density at radius 3 is 2.59 bits per heavy atom. The van der Waals surface area contributed by atoms with E-state index in [4.69, 9.17) is 16.9 Å². The molecule has 0 N–H and O–H groups in total. The third-order valence-corrected chi connectivity index (χ3v) is 4.03. The SMILES string of the molecule is CC.CCc1cc(-c2cc(Cl)ccc2C2CC2)cnc1C#N. The van der Waals surface area contributed by atoms with E-state index in [1.54, 1.807) is 6.20 Å². The van der Waals surface area contributed by atoms with Gasteiger partial charge in [-0.15, -0.1) is 0 Å². The maximum atomic E-state index is 9.07. The van der Waals surface area contributed by atoms with E-state index < -0.39 is 0 Å². The van der Waals surface area contributed by atoms with Gasteiger partial charge in [-0.25, -0.2) is 4.98 Å². The molecule has 2 aromatic rings. The van der Waals surface area contributed by atoms with E-state index in [1.807, 2.05) is 32.9 Å². The number of halogens is 1. The maximum Gasteiger partial charge on any atom is 0.143 e. The topological polar surface area (TPSA) is 36.7 Å². The van der Waals surface area contributed by atoms with E-state index in [0.717, 1.165) is 28.1 Å². The summed E-state index contributed by atoms with van der Waals surface area (Å²) in [6, 6.07) is 10.3. The average Bonchev–Trinajstić information content (AvgIpc) is 3.41. The number of rotatable bonds is 3. The van der Waals surface area contributed by atoms with Crippen molar-refractivity contribution in [1.82, 2.24) is 4.98 Å². The van der Waals surface area contributed by atoms with Gasteiger partial charge in [0.2, 0.25) is 0 Å². The van der Waals surface area contributed by atoms with Crippen molar-refractivity contribution >= 4 is 11.6 Å². The standard InChI is InChI=1S/C17H15ClN2.C2H6/c1-2-11-7-13(10-20-17(11)9-19)16-8-14(18)5-6-15(16)12-3-4-12;1-2/h5-8,10,12H,2-4H2,1H3;1-2H3. The van der Waals surface area contributed by atoms with Crippen molar-refractivity contribution in [2.24, 2.45) is 0 Å². The quantitative estimate of drug-likeness (QED) is 0.724. The van der Waals surface area contributed by atoms with Crippen molar-refractivity contribution in [3.63, 3.8) is 0 Å². The summed E-state index contributed by atoms with van der Waals surface area (Å²) in [5.41, 5.74) is 5.08. The molecule has 0 aliphatic heterocycles. The lowest BCUT2D eigenvalue weighted by Gasteiger charge is -2.11. The van der Waals surface area contributed by atoms with Crippen LogP contribution in [0.1, 0.15) is 56.4 Å². The number of pyridine rings is 1. The molecular formula is C19H21ClN2. The minimum absolute atomic E-state index is 0.520. The Hall–Kier alpha value is -1.85. The molecule has 1 heterocycles. The van der Waals surface area contributed by atoms with Crippen LogP contribution in [0.2, 0.25) is 5.02 Å². The fourth-order valence-corrected chi connectivity index (χ4v) is 2.73. The molecule has 0 spiro atoms. The van der Waals surface area contributed by atoms with Crippen molar-refractivity contribution in [1.29, 1.82) is 5.26 Å².